The topological polar surface area (TPSA) is 96.3 Å². The minimum absolute atomic E-state index is 0.181. The van der Waals surface area contributed by atoms with E-state index in [0.29, 0.717) is 6.42 Å². The van der Waals surface area contributed by atoms with E-state index in [9.17, 15) is 9.59 Å². The van der Waals surface area contributed by atoms with Crippen molar-refractivity contribution < 1.29 is 14.7 Å². The molecule has 118 valence electrons. The van der Waals surface area contributed by atoms with Crippen molar-refractivity contribution in [3.8, 4) is 0 Å². The number of amides is 2. The highest BCUT2D eigenvalue weighted by molar-refractivity contribution is 9.10. The van der Waals surface area contributed by atoms with E-state index in [2.05, 4.69) is 31.7 Å². The highest BCUT2D eigenvalue weighted by Gasteiger charge is 2.21. The molecule has 1 atom stereocenters. The number of aromatic nitrogens is 2. The molecule has 7 nitrogen and oxygen atoms in total. The molecule has 3 N–H and O–H groups in total. The van der Waals surface area contributed by atoms with Crippen LogP contribution < -0.4 is 10.6 Å². The standard InChI is InChI=1S/C13H21BrN4O3/c1-7(2)5-9(12(19)20)16-13(21)15-6-10-11(14)8(3)17-18(10)4/h7,9H,5-6H2,1-4H3,(H,19,20)(H2,15,16,21). The summed E-state index contributed by atoms with van der Waals surface area (Å²) < 4.78 is 2.50. The van der Waals surface area contributed by atoms with Gasteiger partial charge in [-0.3, -0.25) is 4.68 Å². The molecule has 21 heavy (non-hydrogen) atoms. The Kier molecular flexibility index (Phi) is 6.19. The molecule has 1 rings (SSSR count). The molecular formula is C13H21BrN4O3. The first kappa shape index (κ1) is 17.5. The third-order valence-electron chi connectivity index (χ3n) is 2.99. The van der Waals surface area contributed by atoms with Crippen LogP contribution in [-0.2, 0) is 18.4 Å². The number of nitrogens with zero attached hydrogens (tertiary/aromatic N) is 2. The van der Waals surface area contributed by atoms with Gasteiger partial charge in [0.25, 0.3) is 0 Å². The summed E-state index contributed by atoms with van der Waals surface area (Å²) in [5.41, 5.74) is 1.65. The van der Waals surface area contributed by atoms with Crippen LogP contribution in [0.1, 0.15) is 31.7 Å². The smallest absolute Gasteiger partial charge is 0.326 e. The number of aliphatic carboxylic acids is 1. The number of carbonyl (C=O) groups is 2. The van der Waals surface area contributed by atoms with Gasteiger partial charge in [0.1, 0.15) is 6.04 Å². The van der Waals surface area contributed by atoms with Crippen molar-refractivity contribution in [2.24, 2.45) is 13.0 Å². The average Bonchev–Trinajstić information content (AvgIpc) is 2.60. The first-order chi connectivity index (χ1) is 9.72. The minimum atomic E-state index is -1.03. The maximum absolute atomic E-state index is 11.8. The maximum Gasteiger partial charge on any atom is 0.326 e. The lowest BCUT2D eigenvalue weighted by molar-refractivity contribution is -0.139. The second-order valence-corrected chi connectivity index (χ2v) is 6.11. The Bertz CT molecular complexity index is 528. The number of nitrogens with one attached hydrogen (secondary N) is 2. The molecule has 0 aromatic carbocycles. The van der Waals surface area contributed by atoms with E-state index >= 15 is 0 Å². The third-order valence-corrected chi connectivity index (χ3v) is 4.02. The number of hydrogen-bond acceptors (Lipinski definition) is 3. The highest BCUT2D eigenvalue weighted by atomic mass is 79.9. The number of carboxylic acid groups (broad SMARTS) is 1. The molecule has 1 aromatic heterocycles. The zero-order valence-electron chi connectivity index (χ0n) is 12.6. The SMILES string of the molecule is Cc1nn(C)c(CNC(=O)NC(CC(C)C)C(=O)O)c1Br. The van der Waals surface area contributed by atoms with Crippen LogP contribution in [0.2, 0.25) is 0 Å². The monoisotopic (exact) mass is 360 g/mol. The normalized spacial score (nSPS) is 12.3. The van der Waals surface area contributed by atoms with Gasteiger partial charge in [-0.2, -0.15) is 5.10 Å². The highest BCUT2D eigenvalue weighted by Crippen LogP contribution is 2.19. The maximum atomic E-state index is 11.8. The third kappa shape index (κ3) is 5.04. The number of urea groups is 1. The number of rotatable bonds is 6. The van der Waals surface area contributed by atoms with Crippen LogP contribution in [-0.4, -0.2) is 32.9 Å². The van der Waals surface area contributed by atoms with E-state index in [-0.39, 0.29) is 12.5 Å². The zero-order chi connectivity index (χ0) is 16.2. The molecule has 0 bridgehead atoms. The summed E-state index contributed by atoms with van der Waals surface area (Å²) in [6, 6.07) is -1.39. The molecule has 2 amide bonds. The lowest BCUT2D eigenvalue weighted by Crippen LogP contribution is -2.46. The van der Waals surface area contributed by atoms with E-state index in [1.165, 1.54) is 0 Å². The van der Waals surface area contributed by atoms with Crippen molar-refractivity contribution >= 4 is 27.9 Å². The average molecular weight is 361 g/mol. The van der Waals surface area contributed by atoms with Crippen molar-refractivity contribution in [2.75, 3.05) is 0 Å². The molecule has 0 saturated carbocycles. The summed E-state index contributed by atoms with van der Waals surface area (Å²) in [4.78, 5) is 22.9. The first-order valence-corrected chi connectivity index (χ1v) is 7.46. The van der Waals surface area contributed by atoms with Gasteiger partial charge < -0.3 is 15.7 Å². The number of carbonyl (C=O) groups excluding carboxylic acids is 1. The van der Waals surface area contributed by atoms with Crippen molar-refractivity contribution in [1.82, 2.24) is 20.4 Å². The lowest BCUT2D eigenvalue weighted by atomic mass is 10.0. The Hall–Kier alpha value is -1.57. The molecule has 1 heterocycles. The molecule has 1 aromatic rings. The summed E-state index contributed by atoms with van der Waals surface area (Å²) in [5, 5.41) is 18.4. The largest absolute Gasteiger partial charge is 0.480 e. The summed E-state index contributed by atoms with van der Waals surface area (Å²) in [6.45, 7) is 5.94. The fourth-order valence-electron chi connectivity index (χ4n) is 1.94. The van der Waals surface area contributed by atoms with Crippen LogP contribution >= 0.6 is 15.9 Å². The number of hydrogen-bond donors (Lipinski definition) is 3. The Morgan fingerprint density at radius 3 is 2.48 bits per heavy atom. The molecule has 0 saturated heterocycles. The summed E-state index contributed by atoms with van der Waals surface area (Å²) in [7, 11) is 1.78. The van der Waals surface area contributed by atoms with Crippen LogP contribution in [0.4, 0.5) is 4.79 Å². The molecule has 0 aliphatic rings. The molecule has 0 spiro atoms. The molecule has 8 heteroatoms. The zero-order valence-corrected chi connectivity index (χ0v) is 14.2. The summed E-state index contributed by atoms with van der Waals surface area (Å²) >= 11 is 3.41. The van der Waals surface area contributed by atoms with Gasteiger partial charge in [0.2, 0.25) is 0 Å². The Morgan fingerprint density at radius 2 is 2.05 bits per heavy atom. The quantitative estimate of drug-likeness (QED) is 0.720. The molecular weight excluding hydrogens is 340 g/mol. The number of aryl methyl sites for hydroxylation is 2. The van der Waals surface area contributed by atoms with Crippen molar-refractivity contribution in [1.29, 1.82) is 0 Å². The fourth-order valence-corrected chi connectivity index (χ4v) is 2.41. The minimum Gasteiger partial charge on any atom is -0.480 e. The summed E-state index contributed by atoms with van der Waals surface area (Å²) in [5.74, 6) is -0.850. The second kappa shape index (κ2) is 7.44. The molecule has 1 unspecified atom stereocenters. The van der Waals surface area contributed by atoms with Gasteiger partial charge in [0.05, 0.1) is 22.4 Å². The Balaban J connectivity index is 2.59. The number of carboxylic acids is 1. The van der Waals surface area contributed by atoms with Crippen molar-refractivity contribution in [3.05, 3.63) is 15.9 Å². The Labute approximate surface area is 132 Å². The lowest BCUT2D eigenvalue weighted by Gasteiger charge is -2.17. The van der Waals surface area contributed by atoms with Gasteiger partial charge in [0, 0.05) is 7.05 Å². The van der Waals surface area contributed by atoms with E-state index in [1.54, 1.807) is 11.7 Å². The fraction of sp³-hybridized carbons (Fsp3) is 0.615. The summed E-state index contributed by atoms with van der Waals surface area (Å²) in [6.07, 6.45) is 0.386. The van der Waals surface area contributed by atoms with E-state index in [0.717, 1.165) is 15.9 Å². The van der Waals surface area contributed by atoms with Gasteiger partial charge in [-0.25, -0.2) is 9.59 Å². The van der Waals surface area contributed by atoms with Gasteiger partial charge in [-0.15, -0.1) is 0 Å². The van der Waals surface area contributed by atoms with Crippen LogP contribution in [0.5, 0.6) is 0 Å². The molecule has 0 fully saturated rings. The van der Waals surface area contributed by atoms with Gasteiger partial charge in [-0.1, -0.05) is 13.8 Å². The van der Waals surface area contributed by atoms with E-state index in [4.69, 9.17) is 5.11 Å². The van der Waals surface area contributed by atoms with Crippen LogP contribution in [0.25, 0.3) is 0 Å². The van der Waals surface area contributed by atoms with Crippen LogP contribution in [0.15, 0.2) is 4.47 Å². The predicted octanol–water partition coefficient (Wildman–Crippen LogP) is 1.79. The van der Waals surface area contributed by atoms with Crippen LogP contribution in [0.3, 0.4) is 0 Å². The van der Waals surface area contributed by atoms with Gasteiger partial charge >= 0.3 is 12.0 Å². The second-order valence-electron chi connectivity index (χ2n) is 5.32. The van der Waals surface area contributed by atoms with Gasteiger partial charge in [-0.05, 0) is 35.2 Å². The molecule has 0 radical (unpaired) electrons. The first-order valence-electron chi connectivity index (χ1n) is 6.67. The predicted molar refractivity (Wildman–Crippen MR) is 81.9 cm³/mol. The van der Waals surface area contributed by atoms with Crippen molar-refractivity contribution in [3.63, 3.8) is 0 Å². The van der Waals surface area contributed by atoms with Crippen LogP contribution in [0, 0.1) is 12.8 Å². The van der Waals surface area contributed by atoms with Crippen molar-refractivity contribution in [2.45, 2.75) is 39.8 Å². The van der Waals surface area contributed by atoms with E-state index < -0.39 is 18.0 Å². The van der Waals surface area contributed by atoms with Gasteiger partial charge in [0.15, 0.2) is 0 Å². The number of halogens is 1. The van der Waals surface area contributed by atoms with E-state index in [1.807, 2.05) is 20.8 Å². The Morgan fingerprint density at radius 1 is 1.43 bits per heavy atom. The molecule has 0 aliphatic heterocycles. The molecule has 0 aliphatic carbocycles.